The normalized spacial score (nSPS) is 16.2. The summed E-state index contributed by atoms with van der Waals surface area (Å²) in [4.78, 5) is 43.8. The summed E-state index contributed by atoms with van der Waals surface area (Å²) in [7, 11) is 0. The predicted molar refractivity (Wildman–Crippen MR) is 160 cm³/mol. The van der Waals surface area contributed by atoms with Crippen LogP contribution in [0.2, 0.25) is 0 Å². The molecule has 1 aliphatic heterocycles. The number of hydrazine groups is 1. The number of benzene rings is 3. The second-order valence-corrected chi connectivity index (χ2v) is 10.8. The molecule has 2 heterocycles. The van der Waals surface area contributed by atoms with Gasteiger partial charge in [-0.05, 0) is 36.1 Å². The largest absolute Gasteiger partial charge is 0.488 e. The van der Waals surface area contributed by atoms with Crippen molar-refractivity contribution in [3.63, 3.8) is 0 Å². The lowest BCUT2D eigenvalue weighted by molar-refractivity contribution is -0.135. The Labute approximate surface area is 248 Å². The summed E-state index contributed by atoms with van der Waals surface area (Å²) in [6.45, 7) is 2.68. The van der Waals surface area contributed by atoms with E-state index >= 15 is 0 Å². The highest BCUT2D eigenvalue weighted by molar-refractivity contribution is 7.13. The van der Waals surface area contributed by atoms with Crippen LogP contribution >= 0.6 is 11.3 Å². The van der Waals surface area contributed by atoms with E-state index in [2.05, 4.69) is 15.7 Å². The van der Waals surface area contributed by atoms with Gasteiger partial charge < -0.3 is 14.8 Å². The van der Waals surface area contributed by atoms with E-state index in [0.717, 1.165) is 16.7 Å². The van der Waals surface area contributed by atoms with Gasteiger partial charge in [-0.25, -0.2) is 9.78 Å². The monoisotopic (exact) mass is 584 g/mol. The molecule has 0 unspecified atom stereocenters. The molecule has 2 N–H and O–H groups in total. The minimum absolute atomic E-state index is 0.0934. The molecule has 0 spiro atoms. The molecule has 0 aliphatic carbocycles. The molecule has 4 aromatic rings. The molecule has 1 saturated heterocycles. The number of nitrogens with zero attached hydrogens (tertiary/aromatic N) is 2. The van der Waals surface area contributed by atoms with Crippen molar-refractivity contribution < 1.29 is 23.9 Å². The van der Waals surface area contributed by atoms with Crippen LogP contribution in [0.25, 0.3) is 10.6 Å². The van der Waals surface area contributed by atoms with Crippen LogP contribution in [0.15, 0.2) is 90.3 Å². The van der Waals surface area contributed by atoms with Crippen molar-refractivity contribution in [2.45, 2.75) is 44.9 Å². The van der Waals surface area contributed by atoms with Gasteiger partial charge >= 0.3 is 6.09 Å². The smallest absolute Gasteiger partial charge is 0.408 e. The standard InChI is InChI=1S/C32H32N4O5S/c1-2-17-32(34-31(39)41-21-24-13-7-4-8-14-24)18-19-36(30(32)38)35-28(37)26-22-42-29(33-26)25-15-9-10-16-27(25)40-20-23-11-5-3-6-12-23/h3-16,22H,2,17-21H2,1H3,(H,34,39)(H,35,37)/t32-/m1/s1. The predicted octanol–water partition coefficient (Wildman–Crippen LogP) is 5.73. The third-order valence-electron chi connectivity index (χ3n) is 6.98. The van der Waals surface area contributed by atoms with Crippen LogP contribution in [0.3, 0.4) is 0 Å². The second kappa shape index (κ2) is 13.3. The summed E-state index contributed by atoms with van der Waals surface area (Å²) in [6, 6.07) is 26.7. The summed E-state index contributed by atoms with van der Waals surface area (Å²) >= 11 is 1.32. The molecular weight excluding hydrogens is 552 g/mol. The molecule has 42 heavy (non-hydrogen) atoms. The summed E-state index contributed by atoms with van der Waals surface area (Å²) in [5, 5.41) is 6.31. The van der Waals surface area contributed by atoms with Gasteiger partial charge in [-0.2, -0.15) is 0 Å². The number of alkyl carbamates (subject to hydrolysis) is 1. The second-order valence-electron chi connectivity index (χ2n) is 9.97. The molecular formula is C32H32N4O5S. The van der Waals surface area contributed by atoms with Gasteiger partial charge in [0.15, 0.2) is 0 Å². The van der Waals surface area contributed by atoms with Gasteiger partial charge in [-0.1, -0.05) is 86.1 Å². The molecule has 5 rings (SSSR count). The van der Waals surface area contributed by atoms with E-state index in [1.807, 2.05) is 91.9 Å². The van der Waals surface area contributed by atoms with Gasteiger partial charge in [0, 0.05) is 11.9 Å². The highest BCUT2D eigenvalue weighted by atomic mass is 32.1. The lowest BCUT2D eigenvalue weighted by atomic mass is 9.92. The number of thiazole rings is 1. The summed E-state index contributed by atoms with van der Waals surface area (Å²) in [6.07, 6.45) is 0.744. The summed E-state index contributed by atoms with van der Waals surface area (Å²) in [5.41, 5.74) is 4.37. The molecule has 1 atom stereocenters. The molecule has 1 aliphatic rings. The number of para-hydroxylation sites is 1. The van der Waals surface area contributed by atoms with Gasteiger partial charge in [0.05, 0.1) is 5.56 Å². The molecule has 3 aromatic carbocycles. The number of hydrogen-bond acceptors (Lipinski definition) is 7. The van der Waals surface area contributed by atoms with Crippen molar-refractivity contribution in [1.29, 1.82) is 0 Å². The van der Waals surface area contributed by atoms with Crippen molar-refractivity contribution in [1.82, 2.24) is 20.7 Å². The number of carbonyl (C=O) groups is 3. The third kappa shape index (κ3) is 6.77. The Bertz CT molecular complexity index is 1530. The Morgan fingerprint density at radius 3 is 2.33 bits per heavy atom. The van der Waals surface area contributed by atoms with E-state index in [0.29, 0.717) is 36.6 Å². The highest BCUT2D eigenvalue weighted by Crippen LogP contribution is 2.33. The van der Waals surface area contributed by atoms with Gasteiger partial charge in [0.25, 0.3) is 11.8 Å². The van der Waals surface area contributed by atoms with E-state index < -0.39 is 17.5 Å². The van der Waals surface area contributed by atoms with Gasteiger partial charge in [0.2, 0.25) is 0 Å². The zero-order valence-electron chi connectivity index (χ0n) is 23.2. The van der Waals surface area contributed by atoms with Crippen molar-refractivity contribution in [2.24, 2.45) is 0 Å². The Morgan fingerprint density at radius 2 is 1.62 bits per heavy atom. The first-order chi connectivity index (χ1) is 20.5. The average Bonchev–Trinajstić information content (AvgIpc) is 3.62. The zero-order valence-corrected chi connectivity index (χ0v) is 24.1. The molecule has 10 heteroatoms. The summed E-state index contributed by atoms with van der Waals surface area (Å²) < 4.78 is 11.4. The van der Waals surface area contributed by atoms with Gasteiger partial charge in [-0.15, -0.1) is 11.3 Å². The molecule has 9 nitrogen and oxygen atoms in total. The summed E-state index contributed by atoms with van der Waals surface area (Å²) in [5.74, 6) is -0.232. The fourth-order valence-corrected chi connectivity index (χ4v) is 5.68. The number of rotatable bonds is 11. The molecule has 1 fully saturated rings. The van der Waals surface area contributed by atoms with Gasteiger partial charge in [-0.3, -0.25) is 20.0 Å². The van der Waals surface area contributed by atoms with Crippen molar-refractivity contribution in [2.75, 3.05) is 6.54 Å². The van der Waals surface area contributed by atoms with Crippen molar-refractivity contribution in [3.05, 3.63) is 107 Å². The van der Waals surface area contributed by atoms with Crippen molar-refractivity contribution >= 4 is 29.2 Å². The fourth-order valence-electron chi connectivity index (χ4n) is 4.85. The average molecular weight is 585 g/mol. The van der Waals surface area contributed by atoms with Crippen LogP contribution in [0, 0.1) is 0 Å². The Hall–Kier alpha value is -4.70. The maximum absolute atomic E-state index is 13.5. The van der Waals surface area contributed by atoms with Crippen LogP contribution in [-0.4, -0.2) is 40.0 Å². The molecule has 1 aromatic heterocycles. The topological polar surface area (TPSA) is 110 Å². The first-order valence-corrected chi connectivity index (χ1v) is 14.7. The third-order valence-corrected chi connectivity index (χ3v) is 7.85. The number of ether oxygens (including phenoxy) is 2. The minimum atomic E-state index is -1.15. The highest BCUT2D eigenvalue weighted by Gasteiger charge is 2.48. The van der Waals surface area contributed by atoms with Crippen molar-refractivity contribution in [3.8, 4) is 16.3 Å². The Balaban J connectivity index is 1.22. The van der Waals surface area contributed by atoms with E-state index in [1.165, 1.54) is 16.3 Å². The van der Waals surface area contributed by atoms with E-state index in [1.54, 1.807) is 5.38 Å². The van der Waals surface area contributed by atoms with Crippen LogP contribution in [-0.2, 0) is 22.7 Å². The Morgan fingerprint density at radius 1 is 0.952 bits per heavy atom. The quantitative estimate of drug-likeness (QED) is 0.233. The molecule has 0 bridgehead atoms. The lowest BCUT2D eigenvalue weighted by Gasteiger charge is -2.28. The maximum atomic E-state index is 13.5. The van der Waals surface area contributed by atoms with Crippen LogP contribution in [0.4, 0.5) is 4.79 Å². The lowest BCUT2D eigenvalue weighted by Crippen LogP contribution is -2.56. The van der Waals surface area contributed by atoms with Crippen LogP contribution in [0.5, 0.6) is 5.75 Å². The van der Waals surface area contributed by atoms with Gasteiger partial charge in [0.1, 0.15) is 35.2 Å². The Kier molecular flexibility index (Phi) is 9.13. The molecule has 216 valence electrons. The minimum Gasteiger partial charge on any atom is -0.488 e. The molecule has 3 amide bonds. The first-order valence-electron chi connectivity index (χ1n) is 13.8. The van der Waals surface area contributed by atoms with Crippen LogP contribution in [0.1, 0.15) is 47.8 Å². The molecule has 0 saturated carbocycles. The number of nitrogens with one attached hydrogen (secondary N) is 2. The SMILES string of the molecule is CCC[C@@]1(NC(=O)OCc2ccccc2)CCN(NC(=O)c2csc(-c3ccccc3OCc3ccccc3)n2)C1=O. The number of amides is 3. The number of hydrogen-bond donors (Lipinski definition) is 2. The number of aromatic nitrogens is 1. The first kappa shape index (κ1) is 28.8. The van der Waals surface area contributed by atoms with E-state index in [4.69, 9.17) is 9.47 Å². The molecule has 0 radical (unpaired) electrons. The zero-order chi connectivity index (χ0) is 29.4. The van der Waals surface area contributed by atoms with Crippen LogP contribution < -0.4 is 15.5 Å². The van der Waals surface area contributed by atoms with E-state index in [9.17, 15) is 14.4 Å². The maximum Gasteiger partial charge on any atom is 0.408 e. The number of carbonyl (C=O) groups excluding carboxylic acids is 3. The van der Waals surface area contributed by atoms with E-state index in [-0.39, 0.29) is 24.8 Å². The fraction of sp³-hybridized carbons (Fsp3) is 0.250.